The normalized spacial score (nSPS) is 8.77. The molecule has 0 bridgehead atoms. The van der Waals surface area contributed by atoms with Crippen LogP contribution < -0.4 is 11.5 Å². The zero-order valence-electron chi connectivity index (χ0n) is 7.32. The Morgan fingerprint density at radius 3 is 2.54 bits per heavy atom. The minimum atomic E-state index is 0. The Labute approximate surface area is 90.3 Å². The van der Waals surface area contributed by atoms with Crippen molar-refractivity contribution >= 4 is 24.8 Å². The van der Waals surface area contributed by atoms with Crippen molar-refractivity contribution in [3.8, 4) is 0 Å². The first-order chi connectivity index (χ1) is 5.38. The summed E-state index contributed by atoms with van der Waals surface area (Å²) in [5.74, 6) is 0. The van der Waals surface area contributed by atoms with Crippen LogP contribution in [0, 0.1) is 0 Å². The van der Waals surface area contributed by atoms with E-state index in [4.69, 9.17) is 11.5 Å². The van der Waals surface area contributed by atoms with Crippen LogP contribution in [0.15, 0.2) is 6.20 Å². The van der Waals surface area contributed by atoms with Crippen LogP contribution in [-0.2, 0) is 13.0 Å². The molecule has 1 heterocycles. The molecular formula is C7H16Cl2N4. The van der Waals surface area contributed by atoms with Gasteiger partial charge in [-0.05, 0) is 24.9 Å². The van der Waals surface area contributed by atoms with Gasteiger partial charge in [-0.25, -0.2) is 0 Å². The molecule has 13 heavy (non-hydrogen) atoms. The lowest BCUT2D eigenvalue weighted by molar-refractivity contribution is 0.818. The molecule has 1 rings (SSSR count). The molecule has 0 saturated carbocycles. The predicted octanol–water partition coefficient (Wildman–Crippen LogP) is 0.603. The molecule has 0 unspecified atom stereocenters. The fourth-order valence-corrected chi connectivity index (χ4v) is 1.02. The molecule has 0 spiro atoms. The maximum atomic E-state index is 5.46. The number of hydrogen-bond acceptors (Lipinski definition) is 3. The monoisotopic (exact) mass is 226 g/mol. The van der Waals surface area contributed by atoms with Gasteiger partial charge in [0.15, 0.2) is 0 Å². The first-order valence-corrected chi connectivity index (χ1v) is 3.79. The lowest BCUT2D eigenvalue weighted by Crippen LogP contribution is -2.04. The summed E-state index contributed by atoms with van der Waals surface area (Å²) < 4.78 is 0. The third-order valence-corrected chi connectivity index (χ3v) is 1.66. The van der Waals surface area contributed by atoms with E-state index in [1.165, 1.54) is 5.56 Å². The van der Waals surface area contributed by atoms with Gasteiger partial charge >= 0.3 is 0 Å². The second-order valence-corrected chi connectivity index (χ2v) is 2.47. The van der Waals surface area contributed by atoms with Crippen LogP contribution in [0.1, 0.15) is 17.7 Å². The van der Waals surface area contributed by atoms with Crippen molar-refractivity contribution < 1.29 is 0 Å². The predicted molar refractivity (Wildman–Crippen MR) is 58.4 cm³/mol. The number of nitrogens with two attached hydrogens (primary N) is 2. The average molecular weight is 227 g/mol. The summed E-state index contributed by atoms with van der Waals surface area (Å²) in [6, 6.07) is 0. The molecule has 1 aromatic heterocycles. The zero-order valence-corrected chi connectivity index (χ0v) is 8.96. The van der Waals surface area contributed by atoms with Crippen LogP contribution in [0.4, 0.5) is 0 Å². The van der Waals surface area contributed by atoms with Gasteiger partial charge in [-0.2, -0.15) is 5.10 Å². The van der Waals surface area contributed by atoms with E-state index in [0.29, 0.717) is 6.54 Å². The maximum Gasteiger partial charge on any atom is 0.0522 e. The molecule has 0 aliphatic rings. The van der Waals surface area contributed by atoms with Crippen LogP contribution >= 0.6 is 24.8 Å². The van der Waals surface area contributed by atoms with Crippen molar-refractivity contribution in [2.75, 3.05) is 6.54 Å². The highest BCUT2D eigenvalue weighted by Gasteiger charge is 2.00. The van der Waals surface area contributed by atoms with Gasteiger partial charge in [-0.15, -0.1) is 24.8 Å². The first kappa shape index (κ1) is 15.2. The summed E-state index contributed by atoms with van der Waals surface area (Å²) in [5.41, 5.74) is 13.1. The number of aromatic amines is 1. The molecule has 1 aromatic rings. The number of rotatable bonds is 4. The fraction of sp³-hybridized carbons (Fsp3) is 0.571. The van der Waals surface area contributed by atoms with Gasteiger partial charge in [0.1, 0.15) is 0 Å². The van der Waals surface area contributed by atoms with Crippen molar-refractivity contribution in [2.24, 2.45) is 11.5 Å². The molecule has 4 nitrogen and oxygen atoms in total. The van der Waals surface area contributed by atoms with E-state index in [0.717, 1.165) is 25.1 Å². The van der Waals surface area contributed by atoms with Crippen molar-refractivity contribution in [3.63, 3.8) is 0 Å². The summed E-state index contributed by atoms with van der Waals surface area (Å²) in [4.78, 5) is 0. The highest BCUT2D eigenvalue weighted by Crippen LogP contribution is 2.05. The number of nitrogens with one attached hydrogen (secondary N) is 1. The largest absolute Gasteiger partial charge is 0.330 e. The molecular weight excluding hydrogens is 211 g/mol. The van der Waals surface area contributed by atoms with Gasteiger partial charge in [-0.1, -0.05) is 0 Å². The highest BCUT2D eigenvalue weighted by atomic mass is 35.5. The Hall–Kier alpha value is -0.290. The van der Waals surface area contributed by atoms with E-state index >= 15 is 0 Å². The Bertz CT molecular complexity index is 214. The molecule has 5 N–H and O–H groups in total. The summed E-state index contributed by atoms with van der Waals surface area (Å²) in [5, 5.41) is 6.75. The molecule has 0 aliphatic carbocycles. The molecule has 0 atom stereocenters. The summed E-state index contributed by atoms with van der Waals surface area (Å²) in [6.45, 7) is 1.25. The van der Waals surface area contributed by atoms with Crippen LogP contribution in [-0.4, -0.2) is 16.7 Å². The van der Waals surface area contributed by atoms with E-state index in [-0.39, 0.29) is 24.8 Å². The molecule has 0 aliphatic heterocycles. The maximum absolute atomic E-state index is 5.46. The highest BCUT2D eigenvalue weighted by molar-refractivity contribution is 5.85. The van der Waals surface area contributed by atoms with Gasteiger partial charge in [0.05, 0.1) is 11.9 Å². The number of H-pyrrole nitrogens is 1. The van der Waals surface area contributed by atoms with Crippen molar-refractivity contribution in [3.05, 3.63) is 17.5 Å². The van der Waals surface area contributed by atoms with Crippen molar-refractivity contribution in [1.82, 2.24) is 10.2 Å². The Kier molecular flexibility index (Phi) is 9.72. The molecule has 0 radical (unpaired) electrons. The van der Waals surface area contributed by atoms with Crippen molar-refractivity contribution in [2.45, 2.75) is 19.4 Å². The third-order valence-electron chi connectivity index (χ3n) is 1.66. The second-order valence-electron chi connectivity index (χ2n) is 2.47. The molecule has 0 amide bonds. The SMILES string of the molecule is Cl.Cl.NCCCc1cn[nH]c1CN. The number of hydrogen-bond donors (Lipinski definition) is 3. The van der Waals surface area contributed by atoms with Gasteiger partial charge in [0.2, 0.25) is 0 Å². The summed E-state index contributed by atoms with van der Waals surface area (Å²) >= 11 is 0. The van der Waals surface area contributed by atoms with Crippen molar-refractivity contribution in [1.29, 1.82) is 0 Å². The molecule has 6 heteroatoms. The number of aryl methyl sites for hydroxylation is 1. The van der Waals surface area contributed by atoms with E-state index in [1.54, 1.807) is 0 Å². The van der Waals surface area contributed by atoms with Gasteiger partial charge < -0.3 is 11.5 Å². The number of aromatic nitrogens is 2. The number of nitrogens with zero attached hydrogens (tertiary/aromatic N) is 1. The van der Waals surface area contributed by atoms with E-state index in [9.17, 15) is 0 Å². The lowest BCUT2D eigenvalue weighted by Gasteiger charge is -1.97. The molecule has 0 fully saturated rings. The number of halogens is 2. The molecule has 0 aromatic carbocycles. The average Bonchev–Trinajstić information content (AvgIpc) is 2.47. The molecule has 0 saturated heterocycles. The molecule has 78 valence electrons. The van der Waals surface area contributed by atoms with Crippen LogP contribution in [0.25, 0.3) is 0 Å². The van der Waals surface area contributed by atoms with Crippen LogP contribution in [0.5, 0.6) is 0 Å². The van der Waals surface area contributed by atoms with Crippen LogP contribution in [0.2, 0.25) is 0 Å². The smallest absolute Gasteiger partial charge is 0.0522 e. The second kappa shape index (κ2) is 8.31. The van der Waals surface area contributed by atoms with Gasteiger partial charge in [0.25, 0.3) is 0 Å². The lowest BCUT2D eigenvalue weighted by atomic mass is 10.1. The quantitative estimate of drug-likeness (QED) is 0.704. The standard InChI is InChI=1S/C7H14N4.2ClH/c8-3-1-2-6-5-10-11-7(6)4-9;;/h5H,1-4,8-9H2,(H,10,11);2*1H. The summed E-state index contributed by atoms with van der Waals surface area (Å²) in [6.07, 6.45) is 3.78. The van der Waals surface area contributed by atoms with E-state index < -0.39 is 0 Å². The minimum Gasteiger partial charge on any atom is -0.330 e. The van der Waals surface area contributed by atoms with E-state index in [1.807, 2.05) is 6.20 Å². The Morgan fingerprint density at radius 1 is 1.31 bits per heavy atom. The van der Waals surface area contributed by atoms with Crippen LogP contribution in [0.3, 0.4) is 0 Å². The third kappa shape index (κ3) is 4.47. The Balaban J connectivity index is 0. The van der Waals surface area contributed by atoms with Gasteiger partial charge in [0, 0.05) is 6.54 Å². The Morgan fingerprint density at radius 2 is 2.00 bits per heavy atom. The van der Waals surface area contributed by atoms with Gasteiger partial charge in [-0.3, -0.25) is 5.10 Å². The van der Waals surface area contributed by atoms with E-state index in [2.05, 4.69) is 10.2 Å². The summed E-state index contributed by atoms with van der Waals surface area (Å²) in [7, 11) is 0. The topological polar surface area (TPSA) is 80.7 Å². The first-order valence-electron chi connectivity index (χ1n) is 3.79. The zero-order chi connectivity index (χ0) is 8.10. The fourth-order valence-electron chi connectivity index (χ4n) is 1.02. The minimum absolute atomic E-state index is 0.